The molecule has 3 amide bonds. The smallest absolute Gasteiger partial charge is 0.312 e. The number of likely N-dealkylation sites (tertiary alicyclic amines) is 1. The molecule has 3 fully saturated rings. The summed E-state index contributed by atoms with van der Waals surface area (Å²) in [7, 11) is 0. The quantitative estimate of drug-likeness (QED) is 0.801. The summed E-state index contributed by atoms with van der Waals surface area (Å²) >= 11 is 0. The molecule has 0 saturated carbocycles. The zero-order valence-electron chi connectivity index (χ0n) is 14.2. The van der Waals surface area contributed by atoms with E-state index in [1.54, 1.807) is 9.80 Å². The summed E-state index contributed by atoms with van der Waals surface area (Å²) in [6.07, 6.45) is 3.56. The van der Waals surface area contributed by atoms with Crippen LogP contribution in [0.1, 0.15) is 38.2 Å². The zero-order valence-corrected chi connectivity index (χ0v) is 14.2. The number of carbonyl (C=O) groups excluding carboxylic acids is 2. The number of piperidine rings is 1. The van der Waals surface area contributed by atoms with Gasteiger partial charge in [-0.25, -0.2) is 4.79 Å². The number of rotatable bonds is 3. The van der Waals surface area contributed by atoms with E-state index >= 15 is 0 Å². The van der Waals surface area contributed by atoms with Gasteiger partial charge in [0.05, 0.1) is 0 Å². The average molecular weight is 327 g/mol. The molecule has 3 aliphatic rings. The lowest BCUT2D eigenvalue weighted by molar-refractivity contribution is -0.130. The second-order valence-corrected chi connectivity index (χ2v) is 7.33. The molecule has 24 heavy (non-hydrogen) atoms. The summed E-state index contributed by atoms with van der Waals surface area (Å²) in [6, 6.07) is 10.7. The second-order valence-electron chi connectivity index (χ2n) is 7.33. The van der Waals surface area contributed by atoms with E-state index in [0.29, 0.717) is 6.04 Å². The van der Waals surface area contributed by atoms with Crippen LogP contribution in [0.4, 0.5) is 4.79 Å². The maximum atomic E-state index is 12.6. The van der Waals surface area contributed by atoms with Crippen molar-refractivity contribution in [3.8, 4) is 0 Å². The van der Waals surface area contributed by atoms with Gasteiger partial charge in [-0.3, -0.25) is 14.6 Å². The van der Waals surface area contributed by atoms with Gasteiger partial charge in [0.25, 0.3) is 5.91 Å². The van der Waals surface area contributed by atoms with Crippen LogP contribution < -0.4 is 0 Å². The molecule has 5 nitrogen and oxygen atoms in total. The van der Waals surface area contributed by atoms with Crippen LogP contribution in [0.15, 0.2) is 30.3 Å². The summed E-state index contributed by atoms with van der Waals surface area (Å²) in [5.74, 6) is 0.0474. The minimum absolute atomic E-state index is 0.0452. The van der Waals surface area contributed by atoms with E-state index < -0.39 is 0 Å². The van der Waals surface area contributed by atoms with Crippen molar-refractivity contribution in [2.75, 3.05) is 13.1 Å². The Bertz CT molecular complexity index is 611. The van der Waals surface area contributed by atoms with Crippen LogP contribution >= 0.6 is 0 Å². The van der Waals surface area contributed by atoms with Gasteiger partial charge in [0.2, 0.25) is 0 Å². The molecular formula is C19H25N3O2. The highest BCUT2D eigenvalue weighted by molar-refractivity contribution is 6.04. The van der Waals surface area contributed by atoms with Crippen molar-refractivity contribution in [2.45, 2.75) is 57.3 Å². The predicted octanol–water partition coefficient (Wildman–Crippen LogP) is 2.47. The van der Waals surface area contributed by atoms with Crippen LogP contribution in [-0.2, 0) is 11.3 Å². The minimum atomic E-state index is -0.171. The van der Waals surface area contributed by atoms with Crippen molar-refractivity contribution in [2.24, 2.45) is 0 Å². The van der Waals surface area contributed by atoms with Gasteiger partial charge in [-0.15, -0.1) is 0 Å². The molecule has 0 N–H and O–H groups in total. The zero-order chi connectivity index (χ0) is 16.7. The first kappa shape index (κ1) is 15.6. The van der Waals surface area contributed by atoms with Gasteiger partial charge in [-0.05, 0) is 38.2 Å². The Hall–Kier alpha value is -1.88. The van der Waals surface area contributed by atoms with Gasteiger partial charge in [0.15, 0.2) is 0 Å². The summed E-state index contributed by atoms with van der Waals surface area (Å²) in [6.45, 7) is 4.82. The third-order valence-electron chi connectivity index (χ3n) is 5.81. The Kier molecular flexibility index (Phi) is 4.04. The van der Waals surface area contributed by atoms with E-state index in [0.717, 1.165) is 45.3 Å². The highest BCUT2D eigenvalue weighted by atomic mass is 16.2. The SMILES string of the molecule is C[C@H]1C[C@@H](N2C(=O)[C@H]3CCCN3C2=O)CCN1Cc1ccccc1. The van der Waals surface area contributed by atoms with Crippen LogP contribution in [0.3, 0.4) is 0 Å². The second kappa shape index (κ2) is 6.20. The molecule has 5 heteroatoms. The lowest BCUT2D eigenvalue weighted by atomic mass is 9.96. The largest absolute Gasteiger partial charge is 0.327 e. The standard InChI is InChI=1S/C19H25N3O2/c1-14-12-16(9-11-20(14)13-15-6-3-2-4-7-15)22-18(23)17-8-5-10-21(17)19(22)24/h2-4,6-7,14,16-17H,5,8-13H2,1H3/t14-,16-,17+/m0/s1. The summed E-state index contributed by atoms with van der Waals surface area (Å²) in [5.41, 5.74) is 1.32. The molecule has 3 heterocycles. The Labute approximate surface area is 143 Å². The fraction of sp³-hybridized carbons (Fsp3) is 0.579. The maximum absolute atomic E-state index is 12.6. The normalized spacial score (nSPS) is 31.0. The van der Waals surface area contributed by atoms with E-state index in [1.165, 1.54) is 5.56 Å². The number of hydrogen-bond acceptors (Lipinski definition) is 3. The van der Waals surface area contributed by atoms with Gasteiger partial charge in [0, 0.05) is 31.7 Å². The number of carbonyl (C=O) groups is 2. The van der Waals surface area contributed by atoms with Crippen molar-refractivity contribution in [1.29, 1.82) is 0 Å². The van der Waals surface area contributed by atoms with Gasteiger partial charge in [-0.1, -0.05) is 30.3 Å². The number of nitrogens with zero attached hydrogens (tertiary/aromatic N) is 3. The third kappa shape index (κ3) is 2.61. The molecule has 0 spiro atoms. The Morgan fingerprint density at radius 1 is 1.08 bits per heavy atom. The van der Waals surface area contributed by atoms with Gasteiger partial charge < -0.3 is 4.90 Å². The molecule has 1 aromatic carbocycles. The monoisotopic (exact) mass is 327 g/mol. The molecule has 0 radical (unpaired) electrons. The van der Waals surface area contributed by atoms with E-state index in [2.05, 4.69) is 36.1 Å². The summed E-state index contributed by atoms with van der Waals surface area (Å²) in [4.78, 5) is 31.0. The summed E-state index contributed by atoms with van der Waals surface area (Å²) < 4.78 is 0. The lowest BCUT2D eigenvalue weighted by Gasteiger charge is -2.40. The average Bonchev–Trinajstić information content (AvgIpc) is 3.15. The van der Waals surface area contributed by atoms with Crippen molar-refractivity contribution in [1.82, 2.24) is 14.7 Å². The van der Waals surface area contributed by atoms with Gasteiger partial charge in [-0.2, -0.15) is 0 Å². The van der Waals surface area contributed by atoms with Gasteiger partial charge in [0.1, 0.15) is 6.04 Å². The van der Waals surface area contributed by atoms with Gasteiger partial charge >= 0.3 is 6.03 Å². The number of amides is 3. The molecule has 3 saturated heterocycles. The number of imide groups is 1. The highest BCUT2D eigenvalue weighted by Crippen LogP contribution is 2.32. The van der Waals surface area contributed by atoms with E-state index in [4.69, 9.17) is 0 Å². The molecule has 0 aliphatic carbocycles. The molecule has 0 bridgehead atoms. The van der Waals surface area contributed by atoms with Crippen LogP contribution in [0.2, 0.25) is 0 Å². The molecule has 3 atom stereocenters. The molecular weight excluding hydrogens is 302 g/mol. The first-order valence-corrected chi connectivity index (χ1v) is 9.07. The molecule has 0 unspecified atom stereocenters. The molecule has 4 rings (SSSR count). The van der Waals surface area contributed by atoms with Crippen LogP contribution in [0.5, 0.6) is 0 Å². The Morgan fingerprint density at radius 2 is 1.88 bits per heavy atom. The van der Waals surface area contributed by atoms with Crippen LogP contribution in [0.25, 0.3) is 0 Å². The van der Waals surface area contributed by atoms with Crippen molar-refractivity contribution >= 4 is 11.9 Å². The number of benzene rings is 1. The maximum Gasteiger partial charge on any atom is 0.327 e. The Balaban J connectivity index is 1.41. The lowest BCUT2D eigenvalue weighted by Crippen LogP contribution is -2.51. The van der Waals surface area contributed by atoms with Crippen molar-refractivity contribution in [3.63, 3.8) is 0 Å². The van der Waals surface area contributed by atoms with Crippen molar-refractivity contribution in [3.05, 3.63) is 35.9 Å². The fourth-order valence-electron chi connectivity index (χ4n) is 4.46. The van der Waals surface area contributed by atoms with E-state index in [9.17, 15) is 9.59 Å². The molecule has 3 aliphatic heterocycles. The van der Waals surface area contributed by atoms with Crippen LogP contribution in [0, 0.1) is 0 Å². The third-order valence-corrected chi connectivity index (χ3v) is 5.81. The van der Waals surface area contributed by atoms with Crippen molar-refractivity contribution < 1.29 is 9.59 Å². The first-order chi connectivity index (χ1) is 11.6. The molecule has 0 aromatic heterocycles. The molecule has 128 valence electrons. The highest BCUT2D eigenvalue weighted by Gasteiger charge is 2.50. The topological polar surface area (TPSA) is 43.9 Å². The fourth-order valence-corrected chi connectivity index (χ4v) is 4.46. The van der Waals surface area contributed by atoms with E-state index in [-0.39, 0.29) is 24.0 Å². The van der Waals surface area contributed by atoms with E-state index in [1.807, 2.05) is 6.07 Å². The van der Waals surface area contributed by atoms with Crippen LogP contribution in [-0.4, -0.2) is 57.9 Å². The Morgan fingerprint density at radius 3 is 2.58 bits per heavy atom. The number of hydrogen-bond donors (Lipinski definition) is 0. The predicted molar refractivity (Wildman–Crippen MR) is 91.3 cm³/mol. The number of fused-ring (bicyclic) bond motifs is 1. The summed E-state index contributed by atoms with van der Waals surface area (Å²) in [5, 5.41) is 0. The molecule has 1 aromatic rings. The number of urea groups is 1. The minimum Gasteiger partial charge on any atom is -0.312 e. The first-order valence-electron chi connectivity index (χ1n) is 9.07.